The summed E-state index contributed by atoms with van der Waals surface area (Å²) in [6.45, 7) is 9.46. The first-order valence-electron chi connectivity index (χ1n) is 9.49. The maximum Gasteiger partial charge on any atom is 0.211 e. The van der Waals surface area contributed by atoms with Gasteiger partial charge >= 0.3 is 0 Å². The Bertz CT molecular complexity index is 711. The number of aryl methyl sites for hydroxylation is 1. The minimum Gasteiger partial charge on any atom is -0.490 e. The second kappa shape index (κ2) is 14.0. The van der Waals surface area contributed by atoms with E-state index in [-0.39, 0.29) is 35.8 Å². The van der Waals surface area contributed by atoms with E-state index in [1.807, 2.05) is 6.92 Å². The molecule has 1 atom stereocenters. The summed E-state index contributed by atoms with van der Waals surface area (Å²) in [4.78, 5) is 4.20. The largest absolute Gasteiger partial charge is 0.490 e. The Morgan fingerprint density at radius 3 is 2.54 bits per heavy atom. The normalized spacial score (nSPS) is 12.8. The van der Waals surface area contributed by atoms with Crippen LogP contribution in [0.15, 0.2) is 23.2 Å². The molecule has 0 spiro atoms. The fraction of sp³-hybridized carbons (Fsp3) is 0.632. The molecular weight excluding hydrogens is 491 g/mol. The second-order valence-corrected chi connectivity index (χ2v) is 8.55. The number of aliphatic imine (C=N–C) groups is 1. The molecule has 162 valence electrons. The number of sulfonamides is 1. The van der Waals surface area contributed by atoms with Gasteiger partial charge in [-0.2, -0.15) is 0 Å². The number of halogens is 1. The topological polar surface area (TPSA) is 91.8 Å². The molecule has 1 rings (SSSR count). The van der Waals surface area contributed by atoms with Crippen LogP contribution in [0.1, 0.15) is 44.7 Å². The van der Waals surface area contributed by atoms with Crippen molar-refractivity contribution >= 4 is 40.0 Å². The van der Waals surface area contributed by atoms with Crippen LogP contribution in [0, 0.1) is 6.92 Å². The summed E-state index contributed by atoms with van der Waals surface area (Å²) in [7, 11) is -1.42. The van der Waals surface area contributed by atoms with E-state index < -0.39 is 10.0 Å². The summed E-state index contributed by atoms with van der Waals surface area (Å²) in [6.07, 6.45) is 1.79. The van der Waals surface area contributed by atoms with Crippen molar-refractivity contribution in [2.24, 2.45) is 4.99 Å². The molecule has 0 aliphatic carbocycles. The molecule has 1 aromatic carbocycles. The van der Waals surface area contributed by atoms with E-state index in [0.717, 1.165) is 23.3 Å². The highest BCUT2D eigenvalue weighted by molar-refractivity contribution is 14.0. The van der Waals surface area contributed by atoms with Crippen molar-refractivity contribution in [1.82, 2.24) is 15.4 Å². The summed E-state index contributed by atoms with van der Waals surface area (Å²) in [5, 5.41) is 6.47. The Kier molecular flexibility index (Phi) is 13.5. The molecule has 0 amide bonds. The molecule has 0 radical (unpaired) electrons. The van der Waals surface area contributed by atoms with Gasteiger partial charge in [-0.25, -0.2) is 13.1 Å². The fourth-order valence-corrected chi connectivity index (χ4v) is 2.90. The zero-order valence-electron chi connectivity index (χ0n) is 17.5. The zero-order valence-corrected chi connectivity index (χ0v) is 20.7. The van der Waals surface area contributed by atoms with Gasteiger partial charge in [0, 0.05) is 32.2 Å². The summed E-state index contributed by atoms with van der Waals surface area (Å²) >= 11 is 0. The maximum atomic E-state index is 11.4. The van der Waals surface area contributed by atoms with Gasteiger partial charge in [0.05, 0.1) is 11.9 Å². The zero-order chi connectivity index (χ0) is 20.3. The predicted molar refractivity (Wildman–Crippen MR) is 127 cm³/mol. The van der Waals surface area contributed by atoms with Crippen molar-refractivity contribution in [1.29, 1.82) is 0 Å². The highest BCUT2D eigenvalue weighted by Gasteiger charge is 2.09. The molecular formula is C19H35IN4O3S. The van der Waals surface area contributed by atoms with Crippen molar-refractivity contribution in [2.75, 3.05) is 25.9 Å². The molecule has 1 unspecified atom stereocenters. The lowest BCUT2D eigenvalue weighted by Crippen LogP contribution is -2.38. The SMILES string of the molecule is CCC(C)Oc1cc(C)ccc1CNC(=NC)NCCCNS(=O)(=O)CC.I. The van der Waals surface area contributed by atoms with Gasteiger partial charge in [-0.3, -0.25) is 4.99 Å². The van der Waals surface area contributed by atoms with E-state index in [4.69, 9.17) is 4.74 Å². The second-order valence-electron chi connectivity index (χ2n) is 6.45. The van der Waals surface area contributed by atoms with Crippen LogP contribution in [-0.2, 0) is 16.6 Å². The number of nitrogens with one attached hydrogen (secondary N) is 3. The highest BCUT2D eigenvalue weighted by atomic mass is 127. The van der Waals surface area contributed by atoms with Crippen LogP contribution in [0.4, 0.5) is 0 Å². The van der Waals surface area contributed by atoms with E-state index in [9.17, 15) is 8.42 Å². The molecule has 0 heterocycles. The van der Waals surface area contributed by atoms with Gasteiger partial charge in [0.2, 0.25) is 10.0 Å². The van der Waals surface area contributed by atoms with Gasteiger partial charge in [0.15, 0.2) is 5.96 Å². The highest BCUT2D eigenvalue weighted by Crippen LogP contribution is 2.22. The summed E-state index contributed by atoms with van der Waals surface area (Å²) in [6, 6.07) is 6.18. The van der Waals surface area contributed by atoms with E-state index in [1.54, 1.807) is 14.0 Å². The molecule has 9 heteroatoms. The lowest BCUT2D eigenvalue weighted by atomic mass is 10.1. The average molecular weight is 526 g/mol. The van der Waals surface area contributed by atoms with Crippen molar-refractivity contribution in [3.05, 3.63) is 29.3 Å². The third-order valence-corrected chi connectivity index (χ3v) is 5.55. The lowest BCUT2D eigenvalue weighted by Gasteiger charge is -2.18. The average Bonchev–Trinajstić information content (AvgIpc) is 2.65. The molecule has 0 aliphatic rings. The number of hydrogen-bond donors (Lipinski definition) is 3. The monoisotopic (exact) mass is 526 g/mol. The number of guanidine groups is 1. The van der Waals surface area contributed by atoms with Gasteiger partial charge in [-0.15, -0.1) is 24.0 Å². The summed E-state index contributed by atoms with van der Waals surface area (Å²) < 4.78 is 31.4. The molecule has 0 fully saturated rings. The van der Waals surface area contributed by atoms with Crippen molar-refractivity contribution < 1.29 is 13.2 Å². The Hall–Kier alpha value is -1.07. The smallest absolute Gasteiger partial charge is 0.211 e. The molecule has 0 saturated heterocycles. The fourth-order valence-electron chi connectivity index (χ4n) is 2.24. The molecule has 0 saturated carbocycles. The van der Waals surface area contributed by atoms with Crippen LogP contribution in [0.3, 0.4) is 0 Å². The number of benzene rings is 1. The van der Waals surface area contributed by atoms with Crippen LogP contribution in [0.25, 0.3) is 0 Å². The number of rotatable bonds is 11. The minimum absolute atomic E-state index is 0. The molecule has 0 aromatic heterocycles. The third kappa shape index (κ3) is 10.5. The van der Waals surface area contributed by atoms with E-state index >= 15 is 0 Å². The van der Waals surface area contributed by atoms with E-state index in [2.05, 4.69) is 52.4 Å². The minimum atomic E-state index is -3.13. The molecule has 0 bridgehead atoms. The molecule has 28 heavy (non-hydrogen) atoms. The van der Waals surface area contributed by atoms with E-state index in [1.165, 1.54) is 0 Å². The standard InChI is InChI=1S/C19H34N4O3S.HI/c1-6-16(4)26-18-13-15(3)9-10-17(18)14-22-19(20-5)21-11-8-12-23-27(24,25)7-2;/h9-10,13,16,23H,6-8,11-12,14H2,1-5H3,(H2,20,21,22);1H. The van der Waals surface area contributed by atoms with Gasteiger partial charge in [-0.05, 0) is 45.2 Å². The van der Waals surface area contributed by atoms with Crippen molar-refractivity contribution in [2.45, 2.75) is 53.2 Å². The molecule has 7 nitrogen and oxygen atoms in total. The Morgan fingerprint density at radius 1 is 1.21 bits per heavy atom. The van der Waals surface area contributed by atoms with Gasteiger partial charge in [0.1, 0.15) is 5.75 Å². The lowest BCUT2D eigenvalue weighted by molar-refractivity contribution is 0.215. The quantitative estimate of drug-likeness (QED) is 0.179. The summed E-state index contributed by atoms with van der Waals surface area (Å²) in [5.41, 5.74) is 2.23. The first kappa shape index (κ1) is 26.9. The van der Waals surface area contributed by atoms with Gasteiger partial charge in [0.25, 0.3) is 0 Å². The van der Waals surface area contributed by atoms with Crippen molar-refractivity contribution in [3.63, 3.8) is 0 Å². The number of nitrogens with zero attached hydrogens (tertiary/aromatic N) is 1. The number of hydrogen-bond acceptors (Lipinski definition) is 4. The van der Waals surface area contributed by atoms with Crippen LogP contribution < -0.4 is 20.1 Å². The van der Waals surface area contributed by atoms with Crippen LogP contribution in [0.5, 0.6) is 5.75 Å². The molecule has 3 N–H and O–H groups in total. The Morgan fingerprint density at radius 2 is 1.93 bits per heavy atom. The van der Waals surface area contributed by atoms with Gasteiger partial charge < -0.3 is 15.4 Å². The van der Waals surface area contributed by atoms with Crippen LogP contribution in [-0.4, -0.2) is 46.4 Å². The van der Waals surface area contributed by atoms with Crippen LogP contribution in [0.2, 0.25) is 0 Å². The summed E-state index contributed by atoms with van der Waals surface area (Å²) in [5.74, 6) is 1.66. The third-order valence-electron chi connectivity index (χ3n) is 4.14. The van der Waals surface area contributed by atoms with Gasteiger partial charge in [-0.1, -0.05) is 19.1 Å². The molecule has 1 aromatic rings. The predicted octanol–water partition coefficient (Wildman–Crippen LogP) is 2.78. The Balaban J connectivity index is 0.00000729. The number of ether oxygens (including phenoxy) is 1. The van der Waals surface area contributed by atoms with Crippen LogP contribution >= 0.6 is 24.0 Å². The first-order valence-corrected chi connectivity index (χ1v) is 11.1. The molecule has 0 aliphatic heterocycles. The first-order chi connectivity index (χ1) is 12.8. The Labute approximate surface area is 187 Å². The maximum absolute atomic E-state index is 11.4. The van der Waals surface area contributed by atoms with Crippen molar-refractivity contribution in [3.8, 4) is 5.75 Å². The van der Waals surface area contributed by atoms with E-state index in [0.29, 0.717) is 32.0 Å².